The van der Waals surface area contributed by atoms with Gasteiger partial charge in [-0.2, -0.15) is 0 Å². The normalized spacial score (nSPS) is 12.1. The van der Waals surface area contributed by atoms with Crippen LogP contribution in [0.2, 0.25) is 0 Å². The number of nitrogens with one attached hydrogen (secondary N) is 1. The van der Waals surface area contributed by atoms with E-state index in [2.05, 4.69) is 19.2 Å². The number of benzene rings is 1. The number of unbranched alkanes of at least 4 members (excludes halogenated alkanes) is 1. The van der Waals surface area contributed by atoms with E-state index in [1.807, 2.05) is 0 Å². The van der Waals surface area contributed by atoms with Crippen molar-refractivity contribution in [3.8, 4) is 5.75 Å². The van der Waals surface area contributed by atoms with Crippen LogP contribution in [-0.4, -0.2) is 17.6 Å². The predicted molar refractivity (Wildman–Crippen MR) is 73.7 cm³/mol. The third-order valence-corrected chi connectivity index (χ3v) is 3.22. The van der Waals surface area contributed by atoms with Gasteiger partial charge in [0.1, 0.15) is 5.75 Å². The maximum Gasteiger partial charge on any atom is 0.251 e. The van der Waals surface area contributed by atoms with Crippen molar-refractivity contribution >= 4 is 5.91 Å². The Kier molecular flexibility index (Phi) is 6.26. The number of aromatic hydroxyl groups is 1. The van der Waals surface area contributed by atoms with Gasteiger partial charge in [-0.3, -0.25) is 4.79 Å². The summed E-state index contributed by atoms with van der Waals surface area (Å²) >= 11 is 0. The highest BCUT2D eigenvalue weighted by Gasteiger charge is 2.09. The first-order valence-corrected chi connectivity index (χ1v) is 6.74. The Morgan fingerprint density at radius 1 is 1.28 bits per heavy atom. The van der Waals surface area contributed by atoms with Crippen molar-refractivity contribution in [1.29, 1.82) is 0 Å². The fourth-order valence-electron chi connectivity index (χ4n) is 1.90. The van der Waals surface area contributed by atoms with Crippen LogP contribution < -0.4 is 5.32 Å². The number of phenolic OH excluding ortho intramolecular Hbond substituents is 1. The molecule has 0 bridgehead atoms. The minimum atomic E-state index is -0.0649. The second-order valence-corrected chi connectivity index (χ2v) is 4.67. The summed E-state index contributed by atoms with van der Waals surface area (Å²) in [5.74, 6) is 0.678. The molecule has 1 unspecified atom stereocenters. The molecule has 0 fully saturated rings. The van der Waals surface area contributed by atoms with Crippen molar-refractivity contribution in [2.24, 2.45) is 5.92 Å². The molecular weight excluding hydrogens is 226 g/mol. The molecule has 18 heavy (non-hydrogen) atoms. The van der Waals surface area contributed by atoms with Gasteiger partial charge in [-0.25, -0.2) is 0 Å². The number of rotatable bonds is 7. The SMILES string of the molecule is CCCCC(CC)CNC(=O)c1ccc(O)cc1. The molecule has 2 N–H and O–H groups in total. The molecule has 0 aliphatic carbocycles. The zero-order valence-corrected chi connectivity index (χ0v) is 11.3. The molecule has 3 nitrogen and oxygen atoms in total. The number of amides is 1. The fraction of sp³-hybridized carbons (Fsp3) is 0.533. The van der Waals surface area contributed by atoms with Gasteiger partial charge in [-0.05, 0) is 36.6 Å². The largest absolute Gasteiger partial charge is 0.508 e. The van der Waals surface area contributed by atoms with E-state index < -0.39 is 0 Å². The molecule has 1 atom stereocenters. The molecule has 0 spiro atoms. The van der Waals surface area contributed by atoms with Crippen LogP contribution in [0.3, 0.4) is 0 Å². The van der Waals surface area contributed by atoms with Gasteiger partial charge in [0.2, 0.25) is 0 Å². The van der Waals surface area contributed by atoms with Crippen LogP contribution in [0.5, 0.6) is 5.75 Å². The van der Waals surface area contributed by atoms with E-state index in [1.165, 1.54) is 31.4 Å². The van der Waals surface area contributed by atoms with E-state index in [4.69, 9.17) is 5.11 Å². The molecule has 0 heterocycles. The van der Waals surface area contributed by atoms with E-state index in [0.29, 0.717) is 11.5 Å². The van der Waals surface area contributed by atoms with Crippen molar-refractivity contribution in [3.63, 3.8) is 0 Å². The maximum atomic E-state index is 11.9. The third-order valence-electron chi connectivity index (χ3n) is 3.22. The van der Waals surface area contributed by atoms with Gasteiger partial charge in [0.05, 0.1) is 0 Å². The molecule has 1 aromatic carbocycles. The fourth-order valence-corrected chi connectivity index (χ4v) is 1.90. The van der Waals surface area contributed by atoms with Gasteiger partial charge >= 0.3 is 0 Å². The van der Waals surface area contributed by atoms with Crippen LogP contribution in [-0.2, 0) is 0 Å². The Labute approximate surface area is 109 Å². The van der Waals surface area contributed by atoms with Crippen molar-refractivity contribution in [2.75, 3.05) is 6.54 Å². The van der Waals surface area contributed by atoms with Crippen molar-refractivity contribution in [2.45, 2.75) is 39.5 Å². The van der Waals surface area contributed by atoms with Crippen LogP contribution in [0.25, 0.3) is 0 Å². The molecule has 1 aromatic rings. The first kappa shape index (κ1) is 14.6. The highest BCUT2D eigenvalue weighted by atomic mass is 16.3. The van der Waals surface area contributed by atoms with E-state index in [9.17, 15) is 4.79 Å². The number of hydrogen-bond acceptors (Lipinski definition) is 2. The summed E-state index contributed by atoms with van der Waals surface area (Å²) in [6.07, 6.45) is 4.68. The molecule has 0 aliphatic heterocycles. The number of carbonyl (C=O) groups excluding carboxylic acids is 1. The van der Waals surface area contributed by atoms with E-state index >= 15 is 0 Å². The van der Waals surface area contributed by atoms with Gasteiger partial charge in [0.25, 0.3) is 5.91 Å². The van der Waals surface area contributed by atoms with Crippen LogP contribution >= 0.6 is 0 Å². The highest BCUT2D eigenvalue weighted by Crippen LogP contribution is 2.12. The number of phenols is 1. The van der Waals surface area contributed by atoms with Crippen LogP contribution in [0.15, 0.2) is 24.3 Å². The minimum Gasteiger partial charge on any atom is -0.508 e. The third kappa shape index (κ3) is 4.78. The first-order valence-electron chi connectivity index (χ1n) is 6.74. The summed E-state index contributed by atoms with van der Waals surface area (Å²) in [4.78, 5) is 11.9. The number of carbonyl (C=O) groups is 1. The van der Waals surface area contributed by atoms with E-state index in [1.54, 1.807) is 12.1 Å². The molecule has 0 saturated carbocycles. The van der Waals surface area contributed by atoms with Gasteiger partial charge in [0, 0.05) is 12.1 Å². The van der Waals surface area contributed by atoms with Gasteiger partial charge in [-0.15, -0.1) is 0 Å². The van der Waals surface area contributed by atoms with E-state index in [-0.39, 0.29) is 11.7 Å². The molecule has 1 amide bonds. The zero-order chi connectivity index (χ0) is 13.4. The molecule has 100 valence electrons. The molecule has 1 rings (SSSR count). The van der Waals surface area contributed by atoms with Gasteiger partial charge in [0.15, 0.2) is 0 Å². The Hall–Kier alpha value is -1.51. The predicted octanol–water partition coefficient (Wildman–Crippen LogP) is 3.34. The molecule has 0 radical (unpaired) electrons. The summed E-state index contributed by atoms with van der Waals surface area (Å²) in [7, 11) is 0. The first-order chi connectivity index (χ1) is 8.67. The lowest BCUT2D eigenvalue weighted by atomic mass is 9.99. The van der Waals surface area contributed by atoms with Crippen LogP contribution in [0.4, 0.5) is 0 Å². The average Bonchev–Trinajstić information content (AvgIpc) is 2.39. The summed E-state index contributed by atoms with van der Waals surface area (Å²) in [5.41, 5.74) is 0.596. The topological polar surface area (TPSA) is 49.3 Å². The standard InChI is InChI=1S/C15H23NO2/c1-3-5-6-12(4-2)11-16-15(18)13-7-9-14(17)10-8-13/h7-10,12,17H,3-6,11H2,1-2H3,(H,16,18). The lowest BCUT2D eigenvalue weighted by Gasteiger charge is -2.15. The molecule has 3 heteroatoms. The van der Waals surface area contributed by atoms with Crippen molar-refractivity contribution < 1.29 is 9.90 Å². The Bertz CT molecular complexity index is 359. The van der Waals surface area contributed by atoms with Gasteiger partial charge in [-0.1, -0.05) is 33.1 Å². The molecule has 0 aromatic heterocycles. The zero-order valence-electron chi connectivity index (χ0n) is 11.3. The Morgan fingerprint density at radius 2 is 1.94 bits per heavy atom. The maximum absolute atomic E-state index is 11.9. The molecular formula is C15H23NO2. The van der Waals surface area contributed by atoms with Gasteiger partial charge < -0.3 is 10.4 Å². The molecule has 0 saturated heterocycles. The highest BCUT2D eigenvalue weighted by molar-refractivity contribution is 5.94. The quantitative estimate of drug-likeness (QED) is 0.778. The second kappa shape index (κ2) is 7.75. The lowest BCUT2D eigenvalue weighted by molar-refractivity contribution is 0.0946. The number of hydrogen-bond donors (Lipinski definition) is 2. The van der Waals surface area contributed by atoms with Crippen molar-refractivity contribution in [3.05, 3.63) is 29.8 Å². The Balaban J connectivity index is 2.42. The average molecular weight is 249 g/mol. The minimum absolute atomic E-state index is 0.0649. The summed E-state index contributed by atoms with van der Waals surface area (Å²) in [6, 6.07) is 6.34. The smallest absolute Gasteiger partial charge is 0.251 e. The molecule has 0 aliphatic rings. The Morgan fingerprint density at radius 3 is 2.50 bits per heavy atom. The van der Waals surface area contributed by atoms with Crippen LogP contribution in [0.1, 0.15) is 49.9 Å². The van der Waals surface area contributed by atoms with E-state index in [0.717, 1.165) is 13.0 Å². The second-order valence-electron chi connectivity index (χ2n) is 4.67. The van der Waals surface area contributed by atoms with Crippen molar-refractivity contribution in [1.82, 2.24) is 5.32 Å². The van der Waals surface area contributed by atoms with Crippen LogP contribution in [0, 0.1) is 5.92 Å². The lowest BCUT2D eigenvalue weighted by Crippen LogP contribution is -2.29. The summed E-state index contributed by atoms with van der Waals surface area (Å²) < 4.78 is 0. The monoisotopic (exact) mass is 249 g/mol. The summed E-state index contributed by atoms with van der Waals surface area (Å²) in [5, 5.41) is 12.1. The summed E-state index contributed by atoms with van der Waals surface area (Å²) in [6.45, 7) is 5.07.